The molecule has 0 heterocycles. The van der Waals surface area contributed by atoms with Crippen LogP contribution in [0.2, 0.25) is 0 Å². The van der Waals surface area contributed by atoms with Gasteiger partial charge < -0.3 is 4.74 Å². The van der Waals surface area contributed by atoms with Gasteiger partial charge in [0.05, 0.1) is 0 Å². The third-order valence-electron chi connectivity index (χ3n) is 2.78. The van der Waals surface area contributed by atoms with E-state index < -0.39 is 0 Å². The van der Waals surface area contributed by atoms with Crippen molar-refractivity contribution in [1.82, 2.24) is 0 Å². The lowest BCUT2D eigenvalue weighted by molar-refractivity contribution is 0.481. The Kier molecular flexibility index (Phi) is 3.53. The highest BCUT2D eigenvalue weighted by Gasteiger charge is 2.01. The standard InChI is InChI=1S/C15H17BO/c1-11(2)12-4-3-5-15(10-12)17-14-8-6-13(16)7-9-14/h3-11H,16H2,1-2H3. The van der Waals surface area contributed by atoms with Crippen LogP contribution < -0.4 is 10.2 Å². The lowest BCUT2D eigenvalue weighted by Gasteiger charge is -2.09. The molecule has 0 spiro atoms. The van der Waals surface area contributed by atoms with Gasteiger partial charge in [-0.25, -0.2) is 0 Å². The van der Waals surface area contributed by atoms with E-state index in [9.17, 15) is 0 Å². The summed E-state index contributed by atoms with van der Waals surface area (Å²) in [6.07, 6.45) is 0. The largest absolute Gasteiger partial charge is 0.457 e. The number of rotatable bonds is 3. The molecule has 2 heteroatoms. The van der Waals surface area contributed by atoms with Gasteiger partial charge in [-0.15, -0.1) is 0 Å². The molecular weight excluding hydrogens is 207 g/mol. The van der Waals surface area contributed by atoms with Crippen molar-refractivity contribution in [3.05, 3.63) is 54.1 Å². The summed E-state index contributed by atoms with van der Waals surface area (Å²) in [5.41, 5.74) is 2.54. The minimum Gasteiger partial charge on any atom is -0.457 e. The lowest BCUT2D eigenvalue weighted by Crippen LogP contribution is -1.99. The Labute approximate surface area is 104 Å². The van der Waals surface area contributed by atoms with Crippen LogP contribution in [-0.4, -0.2) is 7.85 Å². The third kappa shape index (κ3) is 3.13. The summed E-state index contributed by atoms with van der Waals surface area (Å²) in [5.74, 6) is 2.31. The minimum atomic E-state index is 0.525. The van der Waals surface area contributed by atoms with Crippen LogP contribution in [0.15, 0.2) is 48.5 Å². The van der Waals surface area contributed by atoms with Crippen molar-refractivity contribution < 1.29 is 4.74 Å². The average Bonchev–Trinajstić information content (AvgIpc) is 2.32. The molecule has 0 unspecified atom stereocenters. The van der Waals surface area contributed by atoms with Gasteiger partial charge in [0.2, 0.25) is 0 Å². The molecule has 0 fully saturated rings. The average molecular weight is 224 g/mol. The molecule has 1 nitrogen and oxygen atoms in total. The van der Waals surface area contributed by atoms with Gasteiger partial charge in [-0.1, -0.05) is 43.6 Å². The number of ether oxygens (including phenoxy) is 1. The molecule has 0 saturated heterocycles. The molecule has 0 aliphatic carbocycles. The Balaban J connectivity index is 2.18. The SMILES string of the molecule is Bc1ccc(Oc2cccc(C(C)C)c2)cc1. The van der Waals surface area contributed by atoms with E-state index >= 15 is 0 Å². The van der Waals surface area contributed by atoms with Crippen molar-refractivity contribution in [2.24, 2.45) is 0 Å². The highest BCUT2D eigenvalue weighted by Crippen LogP contribution is 2.24. The first-order chi connectivity index (χ1) is 8.15. The van der Waals surface area contributed by atoms with E-state index in [2.05, 4.69) is 46.0 Å². The van der Waals surface area contributed by atoms with Gasteiger partial charge in [-0.05, 0) is 35.7 Å². The summed E-state index contributed by atoms with van der Waals surface area (Å²) >= 11 is 0. The van der Waals surface area contributed by atoms with Crippen molar-refractivity contribution in [2.75, 3.05) is 0 Å². The molecular formula is C15H17BO. The first-order valence-electron chi connectivity index (χ1n) is 5.99. The molecule has 2 aromatic rings. The molecule has 0 aromatic heterocycles. The van der Waals surface area contributed by atoms with Crippen molar-refractivity contribution in [3.8, 4) is 11.5 Å². The molecule has 0 radical (unpaired) electrons. The van der Waals surface area contributed by atoms with Crippen LogP contribution in [0.3, 0.4) is 0 Å². The van der Waals surface area contributed by atoms with Crippen LogP contribution >= 0.6 is 0 Å². The minimum absolute atomic E-state index is 0.525. The van der Waals surface area contributed by atoms with Gasteiger partial charge in [0, 0.05) is 0 Å². The van der Waals surface area contributed by atoms with E-state index in [0.717, 1.165) is 11.5 Å². The van der Waals surface area contributed by atoms with Crippen molar-refractivity contribution in [2.45, 2.75) is 19.8 Å². The Morgan fingerprint density at radius 3 is 2.29 bits per heavy atom. The fraction of sp³-hybridized carbons (Fsp3) is 0.200. The van der Waals surface area contributed by atoms with Crippen LogP contribution in [0.1, 0.15) is 25.3 Å². The Morgan fingerprint density at radius 1 is 0.941 bits per heavy atom. The normalized spacial score (nSPS) is 10.5. The van der Waals surface area contributed by atoms with E-state index in [4.69, 9.17) is 4.74 Å². The van der Waals surface area contributed by atoms with Gasteiger partial charge >= 0.3 is 0 Å². The first kappa shape index (κ1) is 11.8. The van der Waals surface area contributed by atoms with Crippen LogP contribution in [0.5, 0.6) is 11.5 Å². The summed E-state index contributed by atoms with van der Waals surface area (Å²) < 4.78 is 5.82. The second-order valence-electron chi connectivity index (χ2n) is 4.64. The monoisotopic (exact) mass is 224 g/mol. The van der Waals surface area contributed by atoms with E-state index in [0.29, 0.717) is 5.92 Å². The summed E-state index contributed by atoms with van der Waals surface area (Å²) in [5, 5.41) is 0. The first-order valence-corrected chi connectivity index (χ1v) is 5.99. The molecule has 2 aromatic carbocycles. The number of hydrogen-bond acceptors (Lipinski definition) is 1. The molecule has 0 amide bonds. The van der Waals surface area contributed by atoms with Gasteiger partial charge in [0.25, 0.3) is 0 Å². The molecule has 0 bridgehead atoms. The fourth-order valence-electron chi connectivity index (χ4n) is 1.68. The number of benzene rings is 2. The van der Waals surface area contributed by atoms with Crippen LogP contribution in [0.4, 0.5) is 0 Å². The molecule has 0 atom stereocenters. The highest BCUT2D eigenvalue weighted by molar-refractivity contribution is 6.32. The predicted molar refractivity (Wildman–Crippen MR) is 75.2 cm³/mol. The Bertz CT molecular complexity index is 489. The topological polar surface area (TPSA) is 9.23 Å². The van der Waals surface area contributed by atoms with Crippen LogP contribution in [-0.2, 0) is 0 Å². The maximum absolute atomic E-state index is 5.82. The predicted octanol–water partition coefficient (Wildman–Crippen LogP) is 2.86. The van der Waals surface area contributed by atoms with Gasteiger partial charge in [-0.3, -0.25) is 0 Å². The van der Waals surface area contributed by atoms with Gasteiger partial charge in [0.1, 0.15) is 19.3 Å². The maximum Gasteiger partial charge on any atom is 0.139 e. The lowest BCUT2D eigenvalue weighted by atomic mass is 9.97. The molecule has 0 saturated carbocycles. The second-order valence-corrected chi connectivity index (χ2v) is 4.64. The summed E-state index contributed by atoms with van der Waals surface area (Å²) in [4.78, 5) is 0. The smallest absolute Gasteiger partial charge is 0.139 e. The fourth-order valence-corrected chi connectivity index (χ4v) is 1.68. The highest BCUT2D eigenvalue weighted by atomic mass is 16.5. The Morgan fingerprint density at radius 2 is 1.65 bits per heavy atom. The second kappa shape index (κ2) is 5.09. The molecule has 0 N–H and O–H groups in total. The summed E-state index contributed by atoms with van der Waals surface area (Å²) in [7, 11) is 2.07. The number of hydrogen-bond donors (Lipinski definition) is 0. The summed E-state index contributed by atoms with van der Waals surface area (Å²) in [6.45, 7) is 4.37. The van der Waals surface area contributed by atoms with Crippen LogP contribution in [0, 0.1) is 0 Å². The zero-order valence-corrected chi connectivity index (χ0v) is 10.6. The van der Waals surface area contributed by atoms with E-state index in [1.54, 1.807) is 0 Å². The quantitative estimate of drug-likeness (QED) is 0.728. The third-order valence-corrected chi connectivity index (χ3v) is 2.78. The van der Waals surface area contributed by atoms with Gasteiger partial charge in [0.15, 0.2) is 0 Å². The maximum atomic E-state index is 5.82. The Hall–Kier alpha value is -1.70. The zero-order valence-electron chi connectivity index (χ0n) is 10.6. The van der Waals surface area contributed by atoms with E-state index in [1.807, 2.05) is 24.3 Å². The summed E-state index contributed by atoms with van der Waals surface area (Å²) in [6, 6.07) is 16.4. The van der Waals surface area contributed by atoms with Gasteiger partial charge in [-0.2, -0.15) is 0 Å². The molecule has 2 rings (SSSR count). The molecule has 86 valence electrons. The van der Waals surface area contributed by atoms with Crippen LogP contribution in [0.25, 0.3) is 0 Å². The van der Waals surface area contributed by atoms with E-state index in [-0.39, 0.29) is 0 Å². The molecule has 0 aliphatic rings. The zero-order chi connectivity index (χ0) is 12.3. The molecule has 17 heavy (non-hydrogen) atoms. The van der Waals surface area contributed by atoms with Crippen molar-refractivity contribution >= 4 is 13.3 Å². The van der Waals surface area contributed by atoms with E-state index in [1.165, 1.54) is 11.0 Å². The van der Waals surface area contributed by atoms with Crippen molar-refractivity contribution in [3.63, 3.8) is 0 Å². The molecule has 0 aliphatic heterocycles. The van der Waals surface area contributed by atoms with Crippen molar-refractivity contribution in [1.29, 1.82) is 0 Å².